The number of esters is 1. The molecular weight excluding hydrogens is 460 g/mol. The van der Waals surface area contributed by atoms with Crippen LogP contribution in [0, 0.1) is 0 Å². The summed E-state index contributed by atoms with van der Waals surface area (Å²) in [5.74, 6) is -1.40. The highest BCUT2D eigenvalue weighted by molar-refractivity contribution is 6.31. The Morgan fingerprint density at radius 1 is 1.03 bits per heavy atom. The zero-order valence-corrected chi connectivity index (χ0v) is 19.7. The molecule has 1 aliphatic carbocycles. The average Bonchev–Trinajstić information content (AvgIpc) is 2.86. The predicted octanol–water partition coefficient (Wildman–Crippen LogP) is 2.88. The first-order valence-corrected chi connectivity index (χ1v) is 11.4. The largest absolute Gasteiger partial charge is 0.484 e. The van der Waals surface area contributed by atoms with Gasteiger partial charge in [0.25, 0.3) is 11.8 Å². The minimum Gasteiger partial charge on any atom is -0.484 e. The number of rotatable bonds is 9. The second kappa shape index (κ2) is 11.7. The van der Waals surface area contributed by atoms with Gasteiger partial charge in [0.05, 0.1) is 0 Å². The third kappa shape index (κ3) is 5.94. The average molecular weight is 487 g/mol. The quantitative estimate of drug-likeness (QED) is 0.547. The van der Waals surface area contributed by atoms with Crippen LogP contribution < -0.4 is 10.1 Å². The molecule has 2 aromatic carbocycles. The fourth-order valence-electron chi connectivity index (χ4n) is 4.02. The summed E-state index contributed by atoms with van der Waals surface area (Å²) in [5.41, 5.74) is -0.641. The lowest BCUT2D eigenvalue weighted by atomic mass is 9.74. The molecule has 8 nitrogen and oxygen atoms in total. The maximum absolute atomic E-state index is 13.1. The second-order valence-electron chi connectivity index (χ2n) is 7.96. The minimum atomic E-state index is -1.21. The lowest BCUT2D eigenvalue weighted by Gasteiger charge is -2.43. The Bertz CT molecular complexity index is 1040. The van der Waals surface area contributed by atoms with Gasteiger partial charge in [-0.2, -0.15) is 0 Å². The number of hydrogen-bond donors (Lipinski definition) is 1. The Morgan fingerprint density at radius 3 is 2.44 bits per heavy atom. The third-order valence-electron chi connectivity index (χ3n) is 5.82. The van der Waals surface area contributed by atoms with Crippen molar-refractivity contribution in [3.63, 3.8) is 0 Å². The molecule has 0 bridgehead atoms. The summed E-state index contributed by atoms with van der Waals surface area (Å²) in [6.07, 6.45) is 2.27. The van der Waals surface area contributed by atoms with E-state index in [0.29, 0.717) is 29.2 Å². The van der Waals surface area contributed by atoms with Gasteiger partial charge in [0.1, 0.15) is 17.8 Å². The van der Waals surface area contributed by atoms with Crippen molar-refractivity contribution in [2.24, 2.45) is 0 Å². The van der Waals surface area contributed by atoms with Gasteiger partial charge in [-0.15, -0.1) is 0 Å². The van der Waals surface area contributed by atoms with E-state index in [1.165, 1.54) is 11.9 Å². The van der Waals surface area contributed by atoms with Crippen LogP contribution in [0.1, 0.15) is 31.2 Å². The number of amides is 2. The topological polar surface area (TPSA) is 102 Å². The summed E-state index contributed by atoms with van der Waals surface area (Å²) in [5, 5.41) is 2.78. The molecule has 180 valence electrons. The van der Waals surface area contributed by atoms with Crippen molar-refractivity contribution in [1.29, 1.82) is 0 Å². The molecule has 0 radical (unpaired) electrons. The number of likely N-dealkylation sites (N-methyl/N-ethyl adjacent to an activating group) is 1. The van der Waals surface area contributed by atoms with E-state index in [9.17, 15) is 19.2 Å². The Kier molecular flexibility index (Phi) is 8.65. The van der Waals surface area contributed by atoms with Gasteiger partial charge in [-0.1, -0.05) is 48.0 Å². The number of nitrogens with one attached hydrogen (secondary N) is 1. The van der Waals surface area contributed by atoms with E-state index in [4.69, 9.17) is 21.1 Å². The molecule has 0 heterocycles. The first kappa shape index (κ1) is 25.2. The standard InChI is InChI=1S/C25H27ClN2O6/c1-28(25(14-8-7-13-21(25)29)19-11-5-6-12-20(19)26)23(31)17-34-24(32)15-27-22(30)16-33-18-9-3-2-4-10-18/h2-6,9-12H,7-8,13-17H2,1H3,(H,27,30). The van der Waals surface area contributed by atoms with Crippen LogP contribution in [0.15, 0.2) is 54.6 Å². The molecule has 1 aliphatic rings. The monoisotopic (exact) mass is 486 g/mol. The number of Topliss-reactive ketones (excluding diaryl/α,β-unsaturated/α-hetero) is 1. The number of ketones is 1. The van der Waals surface area contributed by atoms with Gasteiger partial charge < -0.3 is 19.7 Å². The number of ether oxygens (including phenoxy) is 2. The van der Waals surface area contributed by atoms with Gasteiger partial charge in [0.15, 0.2) is 19.0 Å². The highest BCUT2D eigenvalue weighted by Gasteiger charge is 2.47. The first-order valence-electron chi connectivity index (χ1n) is 11.0. The molecule has 34 heavy (non-hydrogen) atoms. The van der Waals surface area contributed by atoms with E-state index in [-0.39, 0.29) is 12.4 Å². The van der Waals surface area contributed by atoms with E-state index in [2.05, 4.69) is 5.32 Å². The number of para-hydroxylation sites is 1. The Hall–Kier alpha value is -3.39. The van der Waals surface area contributed by atoms with Crippen molar-refractivity contribution in [2.45, 2.75) is 31.2 Å². The Labute approximate surface area is 203 Å². The van der Waals surface area contributed by atoms with Crippen LogP contribution in [0.25, 0.3) is 0 Å². The van der Waals surface area contributed by atoms with Crippen LogP contribution in [-0.2, 0) is 29.5 Å². The van der Waals surface area contributed by atoms with Crippen LogP contribution >= 0.6 is 11.6 Å². The first-order chi connectivity index (χ1) is 16.3. The SMILES string of the molecule is CN(C(=O)COC(=O)CNC(=O)COc1ccccc1)C1(c2ccccc2Cl)CCCCC1=O. The maximum Gasteiger partial charge on any atom is 0.325 e. The summed E-state index contributed by atoms with van der Waals surface area (Å²) < 4.78 is 10.3. The van der Waals surface area contributed by atoms with Crippen molar-refractivity contribution < 1.29 is 28.7 Å². The number of carbonyl (C=O) groups is 4. The molecule has 1 N–H and O–H groups in total. The molecule has 1 atom stereocenters. The normalized spacial score (nSPS) is 17.5. The van der Waals surface area contributed by atoms with Crippen molar-refractivity contribution in [3.05, 3.63) is 65.2 Å². The second-order valence-corrected chi connectivity index (χ2v) is 8.37. The number of nitrogens with zero attached hydrogens (tertiary/aromatic N) is 1. The maximum atomic E-state index is 13.1. The van der Waals surface area contributed by atoms with Crippen LogP contribution in [0.5, 0.6) is 5.75 Å². The van der Waals surface area contributed by atoms with Crippen LogP contribution in [-0.4, -0.2) is 55.3 Å². The van der Waals surface area contributed by atoms with Crippen molar-refractivity contribution in [2.75, 3.05) is 26.8 Å². The summed E-state index contributed by atoms with van der Waals surface area (Å²) in [4.78, 5) is 51.3. The summed E-state index contributed by atoms with van der Waals surface area (Å²) in [7, 11) is 1.52. The van der Waals surface area contributed by atoms with Gasteiger partial charge in [-0.25, -0.2) is 0 Å². The van der Waals surface area contributed by atoms with Gasteiger partial charge in [0.2, 0.25) is 0 Å². The minimum absolute atomic E-state index is 0.0975. The summed E-state index contributed by atoms with van der Waals surface area (Å²) >= 11 is 6.40. The smallest absolute Gasteiger partial charge is 0.325 e. The number of hydrogen-bond acceptors (Lipinski definition) is 6. The van der Waals surface area contributed by atoms with Gasteiger partial charge in [0, 0.05) is 24.1 Å². The highest BCUT2D eigenvalue weighted by Crippen LogP contribution is 2.42. The van der Waals surface area contributed by atoms with Crippen LogP contribution in [0.3, 0.4) is 0 Å². The van der Waals surface area contributed by atoms with Gasteiger partial charge in [-0.05, 0) is 37.5 Å². The van der Waals surface area contributed by atoms with E-state index < -0.39 is 36.5 Å². The molecule has 2 aromatic rings. The van der Waals surface area contributed by atoms with Gasteiger partial charge >= 0.3 is 5.97 Å². The molecule has 3 rings (SSSR count). The molecular formula is C25H27ClN2O6. The van der Waals surface area contributed by atoms with Crippen molar-refractivity contribution in [3.8, 4) is 5.75 Å². The molecule has 1 fully saturated rings. The zero-order chi connectivity index (χ0) is 24.6. The molecule has 0 saturated heterocycles. The predicted molar refractivity (Wildman–Crippen MR) is 125 cm³/mol. The van der Waals surface area contributed by atoms with Gasteiger partial charge in [-0.3, -0.25) is 19.2 Å². The summed E-state index contributed by atoms with van der Waals surface area (Å²) in [6.45, 7) is -1.24. The molecule has 2 amide bonds. The van der Waals surface area contributed by atoms with Crippen molar-refractivity contribution in [1.82, 2.24) is 10.2 Å². The lowest BCUT2D eigenvalue weighted by molar-refractivity contribution is -0.157. The Morgan fingerprint density at radius 2 is 1.74 bits per heavy atom. The van der Waals surface area contributed by atoms with Crippen LogP contribution in [0.2, 0.25) is 5.02 Å². The number of halogens is 1. The molecule has 0 aromatic heterocycles. The highest BCUT2D eigenvalue weighted by atomic mass is 35.5. The Balaban J connectivity index is 1.54. The number of carbonyl (C=O) groups excluding carboxylic acids is 4. The van der Waals surface area contributed by atoms with E-state index in [0.717, 1.165) is 12.8 Å². The molecule has 0 spiro atoms. The van der Waals surface area contributed by atoms with Crippen molar-refractivity contribution >= 4 is 35.2 Å². The molecule has 1 unspecified atom stereocenters. The fourth-order valence-corrected chi connectivity index (χ4v) is 4.31. The molecule has 9 heteroatoms. The number of benzene rings is 2. The lowest BCUT2D eigenvalue weighted by Crippen LogP contribution is -2.55. The van der Waals surface area contributed by atoms with E-state index in [1.807, 2.05) is 6.07 Å². The summed E-state index contributed by atoms with van der Waals surface area (Å²) in [6, 6.07) is 15.7. The zero-order valence-electron chi connectivity index (χ0n) is 18.9. The fraction of sp³-hybridized carbons (Fsp3) is 0.360. The molecule has 0 aliphatic heterocycles. The van der Waals surface area contributed by atoms with E-state index >= 15 is 0 Å². The van der Waals surface area contributed by atoms with Crippen LogP contribution in [0.4, 0.5) is 0 Å². The van der Waals surface area contributed by atoms with E-state index in [1.54, 1.807) is 48.5 Å². The third-order valence-corrected chi connectivity index (χ3v) is 6.15. The molecule has 1 saturated carbocycles.